The second-order valence-electron chi connectivity index (χ2n) is 10.1. The Bertz CT molecular complexity index is 1930. The molecule has 0 atom stereocenters. The molecule has 0 aliphatic carbocycles. The van der Waals surface area contributed by atoms with E-state index in [1.165, 1.54) is 37.3 Å². The summed E-state index contributed by atoms with van der Waals surface area (Å²) >= 11 is 2.66. The van der Waals surface area contributed by atoms with E-state index in [0.29, 0.717) is 33.4 Å². The molecule has 0 aliphatic rings. The lowest BCUT2D eigenvalue weighted by molar-refractivity contribution is -0.114. The van der Waals surface area contributed by atoms with Crippen molar-refractivity contribution >= 4 is 57.7 Å². The topological polar surface area (TPSA) is 128 Å². The van der Waals surface area contributed by atoms with Gasteiger partial charge in [-0.25, -0.2) is 4.98 Å². The van der Waals surface area contributed by atoms with E-state index in [2.05, 4.69) is 20.9 Å². The molecule has 244 valence electrons. The first kappa shape index (κ1) is 33.8. The van der Waals surface area contributed by atoms with Gasteiger partial charge < -0.3 is 30.2 Å². The maximum atomic E-state index is 13.5. The lowest BCUT2D eigenvalue weighted by atomic mass is 10.1. The predicted octanol–water partition coefficient (Wildman–Crippen LogP) is 6.98. The van der Waals surface area contributed by atoms with Gasteiger partial charge in [-0.05, 0) is 78.4 Å². The molecule has 5 rings (SSSR count). The number of amides is 3. The van der Waals surface area contributed by atoms with Crippen LogP contribution >= 0.6 is 23.1 Å². The second kappa shape index (κ2) is 16.3. The van der Waals surface area contributed by atoms with Crippen molar-refractivity contribution in [3.8, 4) is 28.5 Å². The van der Waals surface area contributed by atoms with E-state index in [-0.39, 0.29) is 17.4 Å². The second-order valence-corrected chi connectivity index (χ2v) is 12.0. The zero-order chi connectivity index (χ0) is 33.9. The summed E-state index contributed by atoms with van der Waals surface area (Å²) in [6, 6.07) is 28.4. The van der Waals surface area contributed by atoms with Crippen molar-refractivity contribution in [1.29, 1.82) is 0 Å². The number of nitrogens with zero attached hydrogens (tertiary/aromatic N) is 1. The van der Waals surface area contributed by atoms with Crippen LogP contribution in [0.25, 0.3) is 17.3 Å². The molecule has 0 aliphatic heterocycles. The van der Waals surface area contributed by atoms with Crippen molar-refractivity contribution in [3.63, 3.8) is 0 Å². The summed E-state index contributed by atoms with van der Waals surface area (Å²) < 4.78 is 15.9. The third-order valence-corrected chi connectivity index (χ3v) is 8.60. The van der Waals surface area contributed by atoms with Gasteiger partial charge in [-0.2, -0.15) is 0 Å². The van der Waals surface area contributed by atoms with Gasteiger partial charge in [0.05, 0.1) is 32.8 Å². The Morgan fingerprint density at radius 2 is 1.58 bits per heavy atom. The molecule has 0 fully saturated rings. The number of carbonyl (C=O) groups excluding carboxylic acids is 3. The molecule has 0 bridgehead atoms. The van der Waals surface area contributed by atoms with Crippen LogP contribution in [0.1, 0.15) is 15.9 Å². The highest BCUT2D eigenvalue weighted by molar-refractivity contribution is 8.00. The fourth-order valence-corrected chi connectivity index (χ4v) is 5.93. The summed E-state index contributed by atoms with van der Waals surface area (Å²) in [5.74, 6) is 0.698. The van der Waals surface area contributed by atoms with Crippen LogP contribution < -0.4 is 30.2 Å². The highest BCUT2D eigenvalue weighted by atomic mass is 32.2. The number of benzene rings is 4. The summed E-state index contributed by atoms with van der Waals surface area (Å²) in [5, 5.41) is 10.8. The molecule has 4 aromatic carbocycles. The number of carbonyl (C=O) groups is 3. The predicted molar refractivity (Wildman–Crippen MR) is 190 cm³/mol. The minimum absolute atomic E-state index is 0.0194. The van der Waals surface area contributed by atoms with Gasteiger partial charge in [0.15, 0.2) is 16.6 Å². The van der Waals surface area contributed by atoms with Gasteiger partial charge in [-0.1, -0.05) is 30.3 Å². The number of thiazole rings is 1. The number of anilines is 2. The smallest absolute Gasteiger partial charge is 0.272 e. The first-order chi connectivity index (χ1) is 23.3. The Morgan fingerprint density at radius 1 is 0.812 bits per heavy atom. The van der Waals surface area contributed by atoms with E-state index < -0.39 is 11.8 Å². The average Bonchev–Trinajstić information content (AvgIpc) is 3.59. The number of hydrogen-bond acceptors (Lipinski definition) is 9. The standard InChI is InChI=1S/C36H32N4O6S2/c1-44-27-15-13-24(14-16-27)30-21-48-36(39-30)40-33(41)22-47-28-11-7-10-26(20-28)37-35(43)29(38-34(42)25-8-5-4-6-9-25)18-23-12-17-31(45-2)32(19-23)46-3/h4-21H,22H2,1-3H3,(H,37,43)(H,38,42)(H,39,40,41)/b29-18+. The Balaban J connectivity index is 1.24. The van der Waals surface area contributed by atoms with Crippen molar-refractivity contribution in [2.75, 3.05) is 37.7 Å². The van der Waals surface area contributed by atoms with Crippen molar-refractivity contribution in [2.24, 2.45) is 0 Å². The van der Waals surface area contributed by atoms with Crippen LogP contribution in [-0.2, 0) is 9.59 Å². The van der Waals surface area contributed by atoms with Gasteiger partial charge in [0.2, 0.25) is 5.91 Å². The van der Waals surface area contributed by atoms with Gasteiger partial charge in [0, 0.05) is 27.1 Å². The molecule has 12 heteroatoms. The molecule has 0 radical (unpaired) electrons. The zero-order valence-corrected chi connectivity index (χ0v) is 27.9. The van der Waals surface area contributed by atoms with Crippen LogP contribution in [0.5, 0.6) is 17.2 Å². The minimum atomic E-state index is -0.537. The van der Waals surface area contributed by atoms with Crippen molar-refractivity contribution in [2.45, 2.75) is 4.90 Å². The lowest BCUT2D eigenvalue weighted by Crippen LogP contribution is -2.30. The molecule has 48 heavy (non-hydrogen) atoms. The Hall–Kier alpha value is -5.59. The number of ether oxygens (including phenoxy) is 3. The van der Waals surface area contributed by atoms with Crippen molar-refractivity contribution in [1.82, 2.24) is 10.3 Å². The van der Waals surface area contributed by atoms with Crippen molar-refractivity contribution < 1.29 is 28.6 Å². The fourth-order valence-electron chi connectivity index (χ4n) is 4.44. The average molecular weight is 681 g/mol. The third-order valence-electron chi connectivity index (χ3n) is 6.85. The van der Waals surface area contributed by atoms with E-state index in [0.717, 1.165) is 21.9 Å². The highest BCUT2D eigenvalue weighted by Gasteiger charge is 2.16. The van der Waals surface area contributed by atoms with Gasteiger partial charge in [-0.3, -0.25) is 14.4 Å². The molecule has 0 unspecified atom stereocenters. The number of thioether (sulfide) groups is 1. The molecule has 3 amide bonds. The Kier molecular flexibility index (Phi) is 11.5. The highest BCUT2D eigenvalue weighted by Crippen LogP contribution is 2.29. The summed E-state index contributed by atoms with van der Waals surface area (Å²) in [7, 11) is 4.66. The van der Waals surface area contributed by atoms with E-state index in [9.17, 15) is 14.4 Å². The lowest BCUT2D eigenvalue weighted by Gasteiger charge is -2.13. The molecule has 0 spiro atoms. The fraction of sp³-hybridized carbons (Fsp3) is 0.111. The summed E-state index contributed by atoms with van der Waals surface area (Å²) in [5.41, 5.74) is 3.19. The number of rotatable bonds is 13. The van der Waals surface area contributed by atoms with Crippen LogP contribution in [0, 0.1) is 0 Å². The SMILES string of the molecule is COc1ccc(-c2csc(NC(=O)CSc3cccc(NC(=O)/C(=C\c4ccc(OC)c(OC)c4)NC(=O)c4ccccc4)c3)n2)cc1. The molecule has 10 nitrogen and oxygen atoms in total. The van der Waals surface area contributed by atoms with E-state index in [1.54, 1.807) is 79.9 Å². The Labute approximate surface area is 286 Å². The van der Waals surface area contributed by atoms with Gasteiger partial charge in [0.25, 0.3) is 11.8 Å². The van der Waals surface area contributed by atoms with E-state index in [4.69, 9.17) is 14.2 Å². The van der Waals surface area contributed by atoms with Crippen LogP contribution in [-0.4, -0.2) is 49.8 Å². The zero-order valence-electron chi connectivity index (χ0n) is 26.3. The van der Waals surface area contributed by atoms with Crippen LogP contribution in [0.2, 0.25) is 0 Å². The summed E-state index contributed by atoms with van der Waals surface area (Å²) in [4.78, 5) is 44.6. The summed E-state index contributed by atoms with van der Waals surface area (Å²) in [6.07, 6.45) is 1.56. The number of methoxy groups -OCH3 is 3. The van der Waals surface area contributed by atoms with Gasteiger partial charge >= 0.3 is 0 Å². The molecular weight excluding hydrogens is 649 g/mol. The van der Waals surface area contributed by atoms with E-state index in [1.807, 2.05) is 35.7 Å². The summed E-state index contributed by atoms with van der Waals surface area (Å²) in [6.45, 7) is 0. The molecular formula is C36H32N4O6S2. The molecule has 0 saturated carbocycles. The number of hydrogen-bond donors (Lipinski definition) is 3. The largest absolute Gasteiger partial charge is 0.497 e. The van der Waals surface area contributed by atoms with Crippen molar-refractivity contribution in [3.05, 3.63) is 119 Å². The monoisotopic (exact) mass is 680 g/mol. The van der Waals surface area contributed by atoms with Gasteiger partial charge in [0.1, 0.15) is 11.4 Å². The molecule has 1 heterocycles. The first-order valence-electron chi connectivity index (χ1n) is 14.6. The van der Waals surface area contributed by atoms with E-state index >= 15 is 0 Å². The maximum absolute atomic E-state index is 13.5. The third kappa shape index (κ3) is 9.02. The number of aromatic nitrogens is 1. The normalized spacial score (nSPS) is 10.9. The quantitative estimate of drug-likeness (QED) is 0.0899. The molecule has 5 aromatic rings. The Morgan fingerprint density at radius 3 is 2.31 bits per heavy atom. The number of nitrogens with one attached hydrogen (secondary N) is 3. The minimum Gasteiger partial charge on any atom is -0.497 e. The molecule has 0 saturated heterocycles. The first-order valence-corrected chi connectivity index (χ1v) is 16.5. The van der Waals surface area contributed by atoms with Crippen LogP contribution in [0.3, 0.4) is 0 Å². The molecule has 3 N–H and O–H groups in total. The van der Waals surface area contributed by atoms with Crippen LogP contribution in [0.15, 0.2) is 113 Å². The van der Waals surface area contributed by atoms with Crippen LogP contribution in [0.4, 0.5) is 10.8 Å². The molecule has 1 aromatic heterocycles. The van der Waals surface area contributed by atoms with Gasteiger partial charge in [-0.15, -0.1) is 23.1 Å². The maximum Gasteiger partial charge on any atom is 0.272 e.